The molecule has 3 unspecified atom stereocenters. The third-order valence-corrected chi connectivity index (χ3v) is 7.38. The first-order valence-corrected chi connectivity index (χ1v) is 13.6. The summed E-state index contributed by atoms with van der Waals surface area (Å²) in [5, 5.41) is 19.7. The minimum absolute atomic E-state index is 0.0364. The van der Waals surface area contributed by atoms with Gasteiger partial charge in [-0.15, -0.1) is 12.3 Å². The van der Waals surface area contributed by atoms with Crippen molar-refractivity contribution in [2.45, 2.75) is 50.6 Å². The summed E-state index contributed by atoms with van der Waals surface area (Å²) in [6.07, 6.45) is 1.32. The van der Waals surface area contributed by atoms with Crippen molar-refractivity contribution >= 4 is 11.8 Å². The van der Waals surface area contributed by atoms with E-state index in [9.17, 15) is 32.3 Å². The van der Waals surface area contributed by atoms with Gasteiger partial charge >= 0.3 is 6.18 Å². The van der Waals surface area contributed by atoms with Crippen molar-refractivity contribution in [2.24, 2.45) is 17.8 Å². The molecule has 4 N–H and O–H groups in total. The third-order valence-electron chi connectivity index (χ3n) is 7.38. The number of nitrogens with one attached hydrogen (secondary N) is 3. The minimum atomic E-state index is -4.48. The van der Waals surface area contributed by atoms with E-state index in [0.29, 0.717) is 42.9 Å². The van der Waals surface area contributed by atoms with Crippen molar-refractivity contribution in [1.82, 2.24) is 16.0 Å². The van der Waals surface area contributed by atoms with Gasteiger partial charge in [0.15, 0.2) is 0 Å². The number of fused-ring (bicyclic) bond motifs is 3. The number of ether oxygens (including phenoxy) is 1. The lowest BCUT2D eigenvalue weighted by molar-refractivity contribution is -0.137. The van der Waals surface area contributed by atoms with Crippen molar-refractivity contribution in [2.75, 3.05) is 19.7 Å². The Hall–Kier alpha value is -3.62. The zero-order valence-electron chi connectivity index (χ0n) is 22.3. The molecule has 5 atom stereocenters. The fourth-order valence-corrected chi connectivity index (χ4v) is 5.23. The molecule has 1 fully saturated rings. The van der Waals surface area contributed by atoms with Gasteiger partial charge in [-0.1, -0.05) is 18.2 Å². The number of carbonyl (C=O) groups excluding carboxylic acids is 2. The van der Waals surface area contributed by atoms with Crippen LogP contribution >= 0.6 is 0 Å². The average Bonchev–Trinajstić information content (AvgIpc) is 3.63. The third kappa shape index (κ3) is 8.21. The van der Waals surface area contributed by atoms with Gasteiger partial charge in [0.25, 0.3) is 0 Å². The largest absolute Gasteiger partial charge is 0.493 e. The first-order valence-electron chi connectivity index (χ1n) is 13.6. The lowest BCUT2D eigenvalue weighted by atomic mass is 10.00. The van der Waals surface area contributed by atoms with Gasteiger partial charge in [0.05, 0.1) is 36.2 Å². The SMILES string of the molecule is C#CCC1C2C(=O)NCCCCOc3cc(F)cc(c3)C[C@@H]([C@H](O)CNCc3cccc(C(F)(F)F)c3)NC(=O)C12. The van der Waals surface area contributed by atoms with Crippen LogP contribution in [0.15, 0.2) is 42.5 Å². The zero-order valence-corrected chi connectivity index (χ0v) is 22.3. The number of benzene rings is 2. The predicted octanol–water partition coefficient (Wildman–Crippen LogP) is 3.20. The van der Waals surface area contributed by atoms with E-state index in [0.717, 1.165) is 12.1 Å². The number of hydrogen-bond acceptors (Lipinski definition) is 5. The number of aliphatic hydroxyl groups excluding tert-OH is 1. The molecule has 11 heteroatoms. The van der Waals surface area contributed by atoms with Crippen molar-refractivity contribution in [3.05, 3.63) is 65.0 Å². The van der Waals surface area contributed by atoms with E-state index in [4.69, 9.17) is 11.2 Å². The Morgan fingerprint density at radius 2 is 1.90 bits per heavy atom. The average molecular weight is 576 g/mol. The zero-order chi connectivity index (χ0) is 29.6. The maximum atomic E-state index is 14.4. The molecule has 0 radical (unpaired) electrons. The van der Waals surface area contributed by atoms with Crippen molar-refractivity contribution < 1.29 is 37.0 Å². The minimum Gasteiger partial charge on any atom is -0.493 e. The molecule has 2 amide bonds. The second-order valence-electron chi connectivity index (χ2n) is 10.5. The highest BCUT2D eigenvalue weighted by Gasteiger charge is 2.58. The first-order chi connectivity index (χ1) is 19.6. The number of alkyl halides is 3. The molecule has 1 heterocycles. The number of carbonyl (C=O) groups is 2. The summed E-state index contributed by atoms with van der Waals surface area (Å²) in [7, 11) is 0. The molecule has 220 valence electrons. The molecular weight excluding hydrogens is 542 g/mol. The van der Waals surface area contributed by atoms with E-state index in [-0.39, 0.29) is 37.8 Å². The number of hydrogen-bond donors (Lipinski definition) is 4. The van der Waals surface area contributed by atoms with Crippen molar-refractivity contribution in [1.29, 1.82) is 0 Å². The highest BCUT2D eigenvalue weighted by atomic mass is 19.4. The Morgan fingerprint density at radius 3 is 2.66 bits per heavy atom. The summed E-state index contributed by atoms with van der Waals surface area (Å²) in [5.41, 5.74) is 0.0559. The number of terminal acetylenes is 1. The molecule has 1 aliphatic heterocycles. The Bertz CT molecular complexity index is 1280. The second-order valence-corrected chi connectivity index (χ2v) is 10.5. The normalized spacial score (nSPS) is 24.2. The molecular formula is C30H33F4N3O4. The van der Waals surface area contributed by atoms with Crippen LogP contribution in [0.25, 0.3) is 0 Å². The van der Waals surface area contributed by atoms with Gasteiger partial charge < -0.3 is 25.8 Å². The number of aliphatic hydroxyl groups is 1. The van der Waals surface area contributed by atoms with E-state index in [2.05, 4.69) is 21.9 Å². The summed E-state index contributed by atoms with van der Waals surface area (Å²) < 4.78 is 59.3. The molecule has 4 rings (SSSR count). The summed E-state index contributed by atoms with van der Waals surface area (Å²) in [5.74, 6) is -0.0286. The lowest BCUT2D eigenvalue weighted by Gasteiger charge is -2.25. The van der Waals surface area contributed by atoms with Crippen molar-refractivity contribution in [3.8, 4) is 18.1 Å². The van der Waals surface area contributed by atoms with Crippen LogP contribution < -0.4 is 20.7 Å². The standard InChI is InChI=1S/C30H33F4N3O4/c1-2-6-23-26-27(23)29(40)37-24(25(38)17-35-16-18-7-5-8-20(11-18)30(32,33)34)14-19-12-21(31)15-22(13-19)41-10-4-3-9-36-28(26)39/h1,5,7-8,11-13,15,23-27,35,38H,3-4,6,9-10,14,16-17H2,(H,36,39)(H,37,40)/t23?,24-,25+,26?,27?/m0/s1. The second kappa shape index (κ2) is 13.4. The Kier molecular flexibility index (Phi) is 9.89. The summed E-state index contributed by atoms with van der Waals surface area (Å²) >= 11 is 0. The number of rotatable bonds is 6. The number of amides is 2. The van der Waals surface area contributed by atoms with Gasteiger partial charge in [0.2, 0.25) is 11.8 Å². The maximum Gasteiger partial charge on any atom is 0.416 e. The molecule has 0 saturated heterocycles. The van der Waals surface area contributed by atoms with Crippen LogP contribution in [0.1, 0.15) is 36.0 Å². The first kappa shape index (κ1) is 30.3. The molecule has 2 aromatic carbocycles. The predicted molar refractivity (Wildman–Crippen MR) is 143 cm³/mol. The van der Waals surface area contributed by atoms with Crippen LogP contribution in [0, 0.1) is 35.9 Å². The fraction of sp³-hybridized carbons (Fsp3) is 0.467. The molecule has 2 bridgehead atoms. The Balaban J connectivity index is 1.51. The monoisotopic (exact) mass is 575 g/mol. The molecule has 1 aliphatic carbocycles. The smallest absolute Gasteiger partial charge is 0.416 e. The van der Waals surface area contributed by atoms with Gasteiger partial charge in [-0.2, -0.15) is 13.2 Å². The van der Waals surface area contributed by atoms with E-state index in [1.165, 1.54) is 24.3 Å². The van der Waals surface area contributed by atoms with E-state index in [1.54, 1.807) is 6.07 Å². The Morgan fingerprint density at radius 1 is 1.12 bits per heavy atom. The van der Waals surface area contributed by atoms with Crippen LogP contribution in [0.4, 0.5) is 17.6 Å². The molecule has 0 spiro atoms. The Labute approximate surface area is 236 Å². The summed E-state index contributed by atoms with van der Waals surface area (Å²) in [4.78, 5) is 26.1. The molecule has 1 saturated carbocycles. The highest BCUT2D eigenvalue weighted by Crippen LogP contribution is 2.49. The molecule has 41 heavy (non-hydrogen) atoms. The maximum absolute atomic E-state index is 14.4. The van der Waals surface area contributed by atoms with Crippen molar-refractivity contribution in [3.63, 3.8) is 0 Å². The summed E-state index contributed by atoms with van der Waals surface area (Å²) in [6.45, 7) is 0.660. The molecule has 2 aromatic rings. The van der Waals surface area contributed by atoms with Crippen LogP contribution in [-0.2, 0) is 28.7 Å². The highest BCUT2D eigenvalue weighted by molar-refractivity contribution is 5.93. The summed E-state index contributed by atoms with van der Waals surface area (Å²) in [6, 6.07) is 8.08. The fourth-order valence-electron chi connectivity index (χ4n) is 5.23. The van der Waals surface area contributed by atoms with E-state index < -0.39 is 47.4 Å². The van der Waals surface area contributed by atoms with E-state index in [1.807, 2.05) is 0 Å². The quantitative estimate of drug-likeness (QED) is 0.313. The van der Waals surface area contributed by atoms with Gasteiger partial charge in [0, 0.05) is 32.1 Å². The van der Waals surface area contributed by atoms with Crippen LogP contribution in [0.2, 0.25) is 0 Å². The van der Waals surface area contributed by atoms with Crippen LogP contribution in [-0.4, -0.2) is 48.8 Å². The van der Waals surface area contributed by atoms with Crippen LogP contribution in [0.5, 0.6) is 5.75 Å². The van der Waals surface area contributed by atoms with Gasteiger partial charge in [-0.3, -0.25) is 9.59 Å². The lowest BCUT2D eigenvalue weighted by Crippen LogP contribution is -2.49. The number of halogens is 4. The topological polar surface area (TPSA) is 99.7 Å². The molecule has 0 aromatic heterocycles. The van der Waals surface area contributed by atoms with E-state index >= 15 is 0 Å². The molecule has 2 aliphatic rings. The van der Waals surface area contributed by atoms with Crippen LogP contribution in [0.3, 0.4) is 0 Å². The van der Waals surface area contributed by atoms with Gasteiger partial charge in [-0.05, 0) is 54.5 Å². The van der Waals surface area contributed by atoms with Gasteiger partial charge in [-0.25, -0.2) is 4.39 Å². The van der Waals surface area contributed by atoms with Gasteiger partial charge in [0.1, 0.15) is 11.6 Å². The molecule has 7 nitrogen and oxygen atoms in total.